The Morgan fingerprint density at radius 3 is 2.47 bits per heavy atom. The fourth-order valence-electron chi connectivity index (χ4n) is 2.54. The zero-order chi connectivity index (χ0) is 14.0. The van der Waals surface area contributed by atoms with Crippen LogP contribution in [0.15, 0.2) is 18.2 Å². The molecule has 0 radical (unpaired) electrons. The lowest BCUT2D eigenvalue weighted by molar-refractivity contribution is -0.122. The number of hydrogen-bond acceptors (Lipinski definition) is 4. The van der Waals surface area contributed by atoms with E-state index in [0.717, 1.165) is 5.69 Å². The van der Waals surface area contributed by atoms with Crippen molar-refractivity contribution < 1.29 is 9.53 Å². The Bertz CT molecular complexity index is 594. The van der Waals surface area contributed by atoms with Gasteiger partial charge < -0.3 is 9.64 Å². The summed E-state index contributed by atoms with van der Waals surface area (Å²) in [6.07, 6.45) is -0.0200. The molecule has 96 valence electrons. The molecule has 19 heavy (non-hydrogen) atoms. The van der Waals surface area contributed by atoms with E-state index in [-0.39, 0.29) is 18.7 Å². The van der Waals surface area contributed by atoms with Crippen molar-refractivity contribution >= 4 is 11.6 Å². The van der Waals surface area contributed by atoms with Crippen molar-refractivity contribution in [3.8, 4) is 17.9 Å². The molecule has 0 N–H and O–H groups in total. The number of benzene rings is 1. The van der Waals surface area contributed by atoms with Crippen molar-refractivity contribution in [1.82, 2.24) is 0 Å². The number of likely N-dealkylation sites (N-methyl/N-ethyl adjacent to an activating group) is 1. The first kappa shape index (κ1) is 12.9. The van der Waals surface area contributed by atoms with Crippen molar-refractivity contribution in [3.63, 3.8) is 0 Å². The third-order valence-corrected chi connectivity index (χ3v) is 3.56. The molecule has 0 saturated heterocycles. The molecule has 1 aliphatic heterocycles. The van der Waals surface area contributed by atoms with Crippen LogP contribution in [0, 0.1) is 22.7 Å². The van der Waals surface area contributed by atoms with Gasteiger partial charge in [0.2, 0.25) is 5.91 Å². The Morgan fingerprint density at radius 1 is 1.32 bits per heavy atom. The number of nitrogens with zero attached hydrogens (tertiary/aromatic N) is 3. The van der Waals surface area contributed by atoms with Gasteiger partial charge in [-0.15, -0.1) is 0 Å². The second-order valence-electron chi connectivity index (χ2n) is 4.50. The second-order valence-corrected chi connectivity index (χ2v) is 4.50. The number of nitriles is 2. The van der Waals surface area contributed by atoms with Crippen molar-refractivity contribution in [2.75, 3.05) is 19.1 Å². The summed E-state index contributed by atoms with van der Waals surface area (Å²) in [6, 6.07) is 9.33. The van der Waals surface area contributed by atoms with Gasteiger partial charge in [0.1, 0.15) is 11.2 Å². The number of carbonyl (C=O) groups is 1. The first-order valence-corrected chi connectivity index (χ1v) is 5.81. The van der Waals surface area contributed by atoms with Crippen LogP contribution in [-0.4, -0.2) is 20.1 Å². The van der Waals surface area contributed by atoms with Crippen molar-refractivity contribution in [3.05, 3.63) is 23.8 Å². The first-order chi connectivity index (χ1) is 9.10. The van der Waals surface area contributed by atoms with Gasteiger partial charge in [-0.2, -0.15) is 10.5 Å². The molecule has 0 fully saturated rings. The van der Waals surface area contributed by atoms with E-state index in [2.05, 4.69) is 0 Å². The summed E-state index contributed by atoms with van der Waals surface area (Å²) in [5.74, 6) is 0.404. The molecule has 1 aromatic rings. The van der Waals surface area contributed by atoms with E-state index in [1.807, 2.05) is 12.1 Å². The normalized spacial score (nSPS) is 15.6. The minimum absolute atomic E-state index is 0.0100. The van der Waals surface area contributed by atoms with E-state index < -0.39 is 5.41 Å². The standard InChI is InChI=1S/C14H13N3O2/c1-17-12-4-3-10(19-2)9-11(12)14(5-7-15,6-8-16)13(17)18/h3-4,9H,5-6H2,1-2H3. The summed E-state index contributed by atoms with van der Waals surface area (Å²) < 4.78 is 5.16. The van der Waals surface area contributed by atoms with Gasteiger partial charge >= 0.3 is 0 Å². The fourth-order valence-corrected chi connectivity index (χ4v) is 2.54. The quantitative estimate of drug-likeness (QED) is 0.824. The van der Waals surface area contributed by atoms with Crippen molar-refractivity contribution in [2.45, 2.75) is 18.3 Å². The number of carbonyl (C=O) groups excluding carboxylic acids is 1. The van der Waals surface area contributed by atoms with Crippen LogP contribution >= 0.6 is 0 Å². The molecule has 5 heteroatoms. The van der Waals surface area contributed by atoms with Crippen molar-refractivity contribution in [1.29, 1.82) is 10.5 Å². The zero-order valence-corrected chi connectivity index (χ0v) is 10.8. The molecular formula is C14H13N3O2. The number of hydrogen-bond donors (Lipinski definition) is 0. The van der Waals surface area contributed by atoms with E-state index >= 15 is 0 Å². The monoisotopic (exact) mass is 255 g/mol. The minimum atomic E-state index is -1.07. The number of methoxy groups -OCH3 is 1. The van der Waals surface area contributed by atoms with Gasteiger partial charge in [0.25, 0.3) is 0 Å². The Balaban J connectivity index is 2.67. The van der Waals surface area contributed by atoms with Crippen LogP contribution in [0.1, 0.15) is 18.4 Å². The maximum absolute atomic E-state index is 12.4. The van der Waals surface area contributed by atoms with Gasteiger partial charge in [-0.25, -0.2) is 0 Å². The molecule has 0 aromatic heterocycles. The Morgan fingerprint density at radius 2 is 1.95 bits per heavy atom. The summed E-state index contributed by atoms with van der Waals surface area (Å²) in [6.45, 7) is 0. The van der Waals surface area contributed by atoms with Crippen LogP contribution in [-0.2, 0) is 10.2 Å². The largest absolute Gasteiger partial charge is 0.497 e. The highest BCUT2D eigenvalue weighted by Gasteiger charge is 2.49. The number of rotatable bonds is 3. The Kier molecular flexibility index (Phi) is 3.14. The number of fused-ring (bicyclic) bond motifs is 1. The highest BCUT2D eigenvalue weighted by atomic mass is 16.5. The minimum Gasteiger partial charge on any atom is -0.497 e. The first-order valence-electron chi connectivity index (χ1n) is 5.81. The van der Waals surface area contributed by atoms with Crippen LogP contribution in [0.3, 0.4) is 0 Å². The second kappa shape index (κ2) is 4.62. The fraction of sp³-hybridized carbons (Fsp3) is 0.357. The SMILES string of the molecule is COc1ccc2c(c1)C(CC#N)(CC#N)C(=O)N2C. The van der Waals surface area contributed by atoms with Gasteiger partial charge in [-0.3, -0.25) is 4.79 Å². The predicted molar refractivity (Wildman–Crippen MR) is 68.5 cm³/mol. The van der Waals surface area contributed by atoms with E-state index in [4.69, 9.17) is 15.3 Å². The molecule has 5 nitrogen and oxygen atoms in total. The summed E-state index contributed by atoms with van der Waals surface area (Å²) in [4.78, 5) is 14.0. The van der Waals surface area contributed by atoms with Crippen LogP contribution in [0.4, 0.5) is 5.69 Å². The Hall–Kier alpha value is -2.53. The van der Waals surface area contributed by atoms with Crippen molar-refractivity contribution in [2.24, 2.45) is 0 Å². The lowest BCUT2D eigenvalue weighted by Crippen LogP contribution is -2.38. The maximum Gasteiger partial charge on any atom is 0.239 e. The van der Waals surface area contributed by atoms with E-state index in [1.165, 1.54) is 4.90 Å². The van der Waals surface area contributed by atoms with Crippen LogP contribution in [0.25, 0.3) is 0 Å². The number of anilines is 1. The lowest BCUT2D eigenvalue weighted by atomic mass is 9.76. The van der Waals surface area contributed by atoms with Gasteiger partial charge in [0.15, 0.2) is 0 Å². The molecule has 1 heterocycles. The highest BCUT2D eigenvalue weighted by molar-refractivity contribution is 6.08. The molecule has 0 aliphatic carbocycles. The molecule has 1 aliphatic rings. The molecule has 1 aromatic carbocycles. The topological polar surface area (TPSA) is 77.1 Å². The predicted octanol–water partition coefficient (Wildman–Crippen LogP) is 1.74. The summed E-state index contributed by atoms with van der Waals surface area (Å²) in [7, 11) is 3.20. The Labute approximate surface area is 111 Å². The van der Waals surface area contributed by atoms with Crippen LogP contribution in [0.2, 0.25) is 0 Å². The summed E-state index contributed by atoms with van der Waals surface area (Å²) >= 11 is 0. The van der Waals surface area contributed by atoms with E-state index in [1.54, 1.807) is 32.4 Å². The zero-order valence-electron chi connectivity index (χ0n) is 10.8. The third-order valence-electron chi connectivity index (χ3n) is 3.56. The smallest absolute Gasteiger partial charge is 0.239 e. The molecule has 0 atom stereocenters. The average molecular weight is 255 g/mol. The van der Waals surface area contributed by atoms with E-state index in [9.17, 15) is 4.79 Å². The number of amides is 1. The molecule has 0 saturated carbocycles. The molecular weight excluding hydrogens is 242 g/mol. The highest BCUT2D eigenvalue weighted by Crippen LogP contribution is 2.46. The van der Waals surface area contributed by atoms with E-state index in [0.29, 0.717) is 11.3 Å². The molecule has 0 bridgehead atoms. The lowest BCUT2D eigenvalue weighted by Gasteiger charge is -2.22. The summed E-state index contributed by atoms with van der Waals surface area (Å²) in [5.41, 5.74) is 0.362. The molecule has 0 unspecified atom stereocenters. The van der Waals surface area contributed by atoms with Crippen LogP contribution in [0.5, 0.6) is 5.75 Å². The van der Waals surface area contributed by atoms with Crippen LogP contribution < -0.4 is 9.64 Å². The molecule has 0 spiro atoms. The van der Waals surface area contributed by atoms with Gasteiger partial charge in [-0.05, 0) is 23.8 Å². The van der Waals surface area contributed by atoms with Gasteiger partial charge in [-0.1, -0.05) is 0 Å². The maximum atomic E-state index is 12.4. The number of ether oxygens (including phenoxy) is 1. The van der Waals surface area contributed by atoms with Gasteiger partial charge in [0, 0.05) is 12.7 Å². The average Bonchev–Trinajstić information content (AvgIpc) is 2.62. The third kappa shape index (κ3) is 1.71. The molecule has 1 amide bonds. The van der Waals surface area contributed by atoms with Gasteiger partial charge in [0.05, 0.1) is 32.1 Å². The summed E-state index contributed by atoms with van der Waals surface area (Å²) in [5, 5.41) is 18.0. The molecule has 2 rings (SSSR count).